The largest absolute Gasteiger partial charge is 0.272 e. The Balaban J connectivity index is 1.94. The van der Waals surface area contributed by atoms with Crippen molar-refractivity contribution in [2.75, 3.05) is 0 Å². The SMILES string of the molecule is Cc1c(-c2ccn(-c3ccc(N=C=O)cc3)n2)cnn1C. The Bertz CT molecular complexity index is 822. The molecule has 1 aromatic carbocycles. The molecule has 0 unspecified atom stereocenters. The van der Waals surface area contributed by atoms with Crippen molar-refractivity contribution in [2.24, 2.45) is 12.0 Å². The van der Waals surface area contributed by atoms with Crippen LogP contribution in [0.25, 0.3) is 16.9 Å². The summed E-state index contributed by atoms with van der Waals surface area (Å²) in [6.07, 6.45) is 5.22. The van der Waals surface area contributed by atoms with Crippen LogP contribution in [0.4, 0.5) is 5.69 Å². The van der Waals surface area contributed by atoms with Crippen LogP contribution in [-0.2, 0) is 11.8 Å². The third kappa shape index (κ3) is 2.40. The van der Waals surface area contributed by atoms with Crippen molar-refractivity contribution in [3.05, 3.63) is 48.4 Å². The van der Waals surface area contributed by atoms with Gasteiger partial charge in [0.25, 0.3) is 0 Å². The summed E-state index contributed by atoms with van der Waals surface area (Å²) in [4.78, 5) is 13.8. The highest BCUT2D eigenvalue weighted by Crippen LogP contribution is 2.22. The molecule has 0 aliphatic carbocycles. The lowest BCUT2D eigenvalue weighted by Gasteiger charge is -2.01. The Hall–Kier alpha value is -2.98. The fraction of sp³-hybridized carbons (Fsp3) is 0.133. The Morgan fingerprint density at radius 1 is 1.19 bits per heavy atom. The topological polar surface area (TPSA) is 65.1 Å². The van der Waals surface area contributed by atoms with Gasteiger partial charge in [0.15, 0.2) is 0 Å². The maximum Gasteiger partial charge on any atom is 0.240 e. The van der Waals surface area contributed by atoms with Crippen LogP contribution in [0.2, 0.25) is 0 Å². The molecular formula is C15H13N5O. The van der Waals surface area contributed by atoms with Crippen LogP contribution >= 0.6 is 0 Å². The fourth-order valence-electron chi connectivity index (χ4n) is 2.09. The molecule has 0 fully saturated rings. The highest BCUT2D eigenvalue weighted by molar-refractivity contribution is 5.61. The molecular weight excluding hydrogens is 266 g/mol. The van der Waals surface area contributed by atoms with Crippen molar-refractivity contribution < 1.29 is 4.79 Å². The number of isocyanates is 1. The zero-order chi connectivity index (χ0) is 14.8. The van der Waals surface area contributed by atoms with Gasteiger partial charge in [0.1, 0.15) is 0 Å². The second-order valence-corrected chi connectivity index (χ2v) is 4.63. The third-order valence-electron chi connectivity index (χ3n) is 3.39. The average Bonchev–Trinajstić information content (AvgIpc) is 3.09. The van der Waals surface area contributed by atoms with E-state index < -0.39 is 0 Å². The number of benzene rings is 1. The van der Waals surface area contributed by atoms with Crippen LogP contribution in [0.3, 0.4) is 0 Å². The van der Waals surface area contributed by atoms with Crippen LogP contribution in [0.1, 0.15) is 5.69 Å². The molecule has 104 valence electrons. The first-order valence-electron chi connectivity index (χ1n) is 6.42. The van der Waals surface area contributed by atoms with Gasteiger partial charge in [-0.15, -0.1) is 0 Å². The zero-order valence-electron chi connectivity index (χ0n) is 11.7. The van der Waals surface area contributed by atoms with E-state index in [-0.39, 0.29) is 0 Å². The van der Waals surface area contributed by atoms with Crippen molar-refractivity contribution >= 4 is 11.8 Å². The Morgan fingerprint density at radius 2 is 1.95 bits per heavy atom. The molecule has 0 spiro atoms. The minimum absolute atomic E-state index is 0.573. The zero-order valence-corrected chi connectivity index (χ0v) is 11.7. The molecule has 2 aromatic heterocycles. The van der Waals surface area contributed by atoms with Gasteiger partial charge in [-0.2, -0.15) is 15.2 Å². The molecule has 21 heavy (non-hydrogen) atoms. The molecule has 0 saturated carbocycles. The summed E-state index contributed by atoms with van der Waals surface area (Å²) in [5, 5.41) is 8.78. The number of hydrogen-bond donors (Lipinski definition) is 0. The molecule has 0 aliphatic heterocycles. The van der Waals surface area contributed by atoms with Crippen molar-refractivity contribution in [2.45, 2.75) is 6.92 Å². The predicted octanol–water partition coefficient (Wildman–Crippen LogP) is 2.55. The van der Waals surface area contributed by atoms with Crippen molar-refractivity contribution in [3.63, 3.8) is 0 Å². The number of rotatable bonds is 3. The lowest BCUT2D eigenvalue weighted by atomic mass is 10.2. The van der Waals surface area contributed by atoms with Gasteiger partial charge in [-0.25, -0.2) is 9.48 Å². The monoisotopic (exact) mass is 279 g/mol. The average molecular weight is 279 g/mol. The molecule has 6 heteroatoms. The number of aliphatic imine (C=N–C) groups is 1. The minimum Gasteiger partial charge on any atom is -0.272 e. The van der Waals surface area contributed by atoms with Gasteiger partial charge in [-0.05, 0) is 37.3 Å². The van der Waals surface area contributed by atoms with Gasteiger partial charge in [0, 0.05) is 24.5 Å². The van der Waals surface area contributed by atoms with Crippen LogP contribution < -0.4 is 0 Å². The van der Waals surface area contributed by atoms with E-state index in [1.807, 2.05) is 49.2 Å². The number of aromatic nitrogens is 4. The quantitative estimate of drug-likeness (QED) is 0.546. The molecule has 0 N–H and O–H groups in total. The second-order valence-electron chi connectivity index (χ2n) is 4.63. The highest BCUT2D eigenvalue weighted by atomic mass is 16.1. The maximum atomic E-state index is 10.2. The molecule has 2 heterocycles. The van der Waals surface area contributed by atoms with Crippen molar-refractivity contribution in [1.29, 1.82) is 0 Å². The van der Waals surface area contributed by atoms with Gasteiger partial charge in [0.2, 0.25) is 6.08 Å². The van der Waals surface area contributed by atoms with Gasteiger partial charge in [-0.3, -0.25) is 4.68 Å². The molecule has 6 nitrogen and oxygen atoms in total. The standard InChI is InChI=1S/C15H13N5O/c1-11-14(9-17-19(11)2)15-7-8-20(18-15)13-5-3-12(4-6-13)16-10-21/h3-9H,1-2H3. The molecule has 3 aromatic rings. The summed E-state index contributed by atoms with van der Waals surface area (Å²) >= 11 is 0. The van der Waals surface area contributed by atoms with E-state index in [0.717, 1.165) is 22.6 Å². The first-order valence-corrected chi connectivity index (χ1v) is 6.42. The van der Waals surface area contributed by atoms with Crippen LogP contribution in [-0.4, -0.2) is 25.6 Å². The Morgan fingerprint density at radius 3 is 2.57 bits per heavy atom. The van der Waals surface area contributed by atoms with Gasteiger partial charge in [-0.1, -0.05) is 0 Å². The van der Waals surface area contributed by atoms with Gasteiger partial charge < -0.3 is 0 Å². The normalized spacial score (nSPS) is 10.4. The number of hydrogen-bond acceptors (Lipinski definition) is 4. The summed E-state index contributed by atoms with van der Waals surface area (Å²) in [7, 11) is 1.90. The van der Waals surface area contributed by atoms with E-state index in [0.29, 0.717) is 5.69 Å². The molecule has 0 atom stereocenters. The van der Waals surface area contributed by atoms with Gasteiger partial charge in [0.05, 0.1) is 23.3 Å². The molecule has 3 rings (SSSR count). The van der Waals surface area contributed by atoms with E-state index in [9.17, 15) is 4.79 Å². The minimum atomic E-state index is 0.573. The lowest BCUT2D eigenvalue weighted by molar-refractivity contribution is 0.565. The predicted molar refractivity (Wildman–Crippen MR) is 78.3 cm³/mol. The first-order chi connectivity index (χ1) is 10.2. The van der Waals surface area contributed by atoms with Gasteiger partial charge >= 0.3 is 0 Å². The van der Waals surface area contributed by atoms with E-state index in [4.69, 9.17) is 0 Å². The third-order valence-corrected chi connectivity index (χ3v) is 3.39. The lowest BCUT2D eigenvalue weighted by Crippen LogP contribution is -1.95. The first kappa shape index (κ1) is 13.0. The summed E-state index contributed by atoms with van der Waals surface area (Å²) in [5.74, 6) is 0. The van der Waals surface area contributed by atoms with Crippen LogP contribution in [0.5, 0.6) is 0 Å². The van der Waals surface area contributed by atoms with E-state index in [1.165, 1.54) is 6.08 Å². The molecule has 0 amide bonds. The number of nitrogens with zero attached hydrogens (tertiary/aromatic N) is 5. The molecule has 0 aliphatic rings. The molecule has 0 bridgehead atoms. The van der Waals surface area contributed by atoms with Crippen molar-refractivity contribution in [1.82, 2.24) is 19.6 Å². The Labute approximate surface area is 121 Å². The number of aryl methyl sites for hydroxylation is 1. The second kappa shape index (κ2) is 5.19. The van der Waals surface area contributed by atoms with E-state index in [1.54, 1.807) is 16.8 Å². The molecule has 0 radical (unpaired) electrons. The van der Waals surface area contributed by atoms with E-state index >= 15 is 0 Å². The van der Waals surface area contributed by atoms with E-state index in [2.05, 4.69) is 15.2 Å². The van der Waals surface area contributed by atoms with Crippen LogP contribution in [0, 0.1) is 6.92 Å². The smallest absolute Gasteiger partial charge is 0.240 e. The summed E-state index contributed by atoms with van der Waals surface area (Å²) in [6.45, 7) is 2.01. The van der Waals surface area contributed by atoms with Crippen molar-refractivity contribution in [3.8, 4) is 16.9 Å². The molecule has 0 saturated heterocycles. The summed E-state index contributed by atoms with van der Waals surface area (Å²) in [6, 6.07) is 9.14. The highest BCUT2D eigenvalue weighted by Gasteiger charge is 2.10. The number of carbonyl (C=O) groups excluding carboxylic acids is 1. The summed E-state index contributed by atoms with van der Waals surface area (Å²) in [5.41, 5.74) is 4.42. The maximum absolute atomic E-state index is 10.2. The summed E-state index contributed by atoms with van der Waals surface area (Å²) < 4.78 is 3.59. The Kier molecular flexibility index (Phi) is 3.22. The fourth-order valence-corrected chi connectivity index (χ4v) is 2.09. The van der Waals surface area contributed by atoms with Crippen LogP contribution in [0.15, 0.2) is 47.7 Å².